The highest BCUT2D eigenvalue weighted by atomic mass is 32.2. The van der Waals surface area contributed by atoms with Crippen LogP contribution in [0, 0.1) is 0 Å². The lowest BCUT2D eigenvalue weighted by Crippen LogP contribution is -2.38. The molecule has 0 radical (unpaired) electrons. The second-order valence-electron chi connectivity index (χ2n) is 4.73. The van der Waals surface area contributed by atoms with Crippen molar-refractivity contribution in [1.82, 2.24) is 10.0 Å². The first kappa shape index (κ1) is 16.9. The smallest absolute Gasteiger partial charge is 0.215 e. The molecule has 0 spiro atoms. The summed E-state index contributed by atoms with van der Waals surface area (Å²) in [6.07, 6.45) is 0.990. The number of hydrogen-bond acceptors (Lipinski definition) is 4. The van der Waals surface area contributed by atoms with Gasteiger partial charge in [-0.1, -0.05) is 19.1 Å². The third-order valence-electron chi connectivity index (χ3n) is 3.00. The van der Waals surface area contributed by atoms with Crippen LogP contribution in [-0.2, 0) is 16.6 Å². The van der Waals surface area contributed by atoms with Gasteiger partial charge in [-0.3, -0.25) is 0 Å². The summed E-state index contributed by atoms with van der Waals surface area (Å²) in [5.41, 5.74) is 0.877. The Morgan fingerprint density at radius 2 is 2.10 bits per heavy atom. The Balaban J connectivity index is 2.53. The number of ether oxygens (including phenoxy) is 1. The van der Waals surface area contributed by atoms with Crippen molar-refractivity contribution in [2.75, 3.05) is 20.2 Å². The van der Waals surface area contributed by atoms with Gasteiger partial charge in [-0.25, -0.2) is 13.1 Å². The molecule has 0 aromatic heterocycles. The largest absolute Gasteiger partial charge is 0.497 e. The van der Waals surface area contributed by atoms with Crippen molar-refractivity contribution in [3.63, 3.8) is 0 Å². The summed E-state index contributed by atoms with van der Waals surface area (Å²) in [6.45, 7) is 5.32. The van der Waals surface area contributed by atoms with Crippen molar-refractivity contribution in [3.8, 4) is 5.75 Å². The van der Waals surface area contributed by atoms with E-state index in [4.69, 9.17) is 4.74 Å². The van der Waals surface area contributed by atoms with Crippen molar-refractivity contribution in [2.45, 2.75) is 32.1 Å². The standard InChI is InChI=1S/C14H24N2O3S/c1-4-8-15-10-12(2)20(17,18)16-11-13-6-5-7-14(9-13)19-3/h5-7,9,12,15-16H,4,8,10-11H2,1-3H3. The minimum atomic E-state index is -3.31. The molecule has 5 nitrogen and oxygen atoms in total. The van der Waals surface area contributed by atoms with Crippen molar-refractivity contribution >= 4 is 10.0 Å². The summed E-state index contributed by atoms with van der Waals surface area (Å²) in [5, 5.41) is 2.66. The van der Waals surface area contributed by atoms with E-state index in [0.717, 1.165) is 24.3 Å². The van der Waals surface area contributed by atoms with Gasteiger partial charge in [-0.15, -0.1) is 0 Å². The maximum Gasteiger partial charge on any atom is 0.215 e. The summed E-state index contributed by atoms with van der Waals surface area (Å²) in [6, 6.07) is 7.36. The Bertz CT molecular complexity index is 503. The molecular formula is C14H24N2O3S. The minimum absolute atomic E-state index is 0.275. The van der Waals surface area contributed by atoms with Crippen LogP contribution in [0.15, 0.2) is 24.3 Å². The average molecular weight is 300 g/mol. The van der Waals surface area contributed by atoms with Gasteiger partial charge in [-0.05, 0) is 37.6 Å². The van der Waals surface area contributed by atoms with Gasteiger partial charge in [0.05, 0.1) is 12.4 Å². The van der Waals surface area contributed by atoms with Crippen LogP contribution in [0.5, 0.6) is 5.75 Å². The second-order valence-corrected chi connectivity index (χ2v) is 6.92. The summed E-state index contributed by atoms with van der Waals surface area (Å²) >= 11 is 0. The van der Waals surface area contributed by atoms with E-state index < -0.39 is 15.3 Å². The third kappa shape index (κ3) is 5.48. The van der Waals surface area contributed by atoms with Crippen LogP contribution in [0.4, 0.5) is 0 Å². The lowest BCUT2D eigenvalue weighted by Gasteiger charge is -2.14. The van der Waals surface area contributed by atoms with Gasteiger partial charge in [0.25, 0.3) is 0 Å². The maximum atomic E-state index is 12.1. The van der Waals surface area contributed by atoms with Gasteiger partial charge < -0.3 is 10.1 Å². The zero-order valence-electron chi connectivity index (χ0n) is 12.3. The quantitative estimate of drug-likeness (QED) is 0.678. The fourth-order valence-corrected chi connectivity index (χ4v) is 2.69. The Hall–Kier alpha value is -1.11. The summed E-state index contributed by atoms with van der Waals surface area (Å²) in [4.78, 5) is 0. The molecule has 0 saturated carbocycles. The van der Waals surface area contributed by atoms with E-state index in [9.17, 15) is 8.42 Å². The Morgan fingerprint density at radius 3 is 2.75 bits per heavy atom. The first-order valence-electron chi connectivity index (χ1n) is 6.81. The van der Waals surface area contributed by atoms with Crippen LogP contribution in [0.1, 0.15) is 25.8 Å². The minimum Gasteiger partial charge on any atom is -0.497 e. The topological polar surface area (TPSA) is 67.4 Å². The van der Waals surface area contributed by atoms with Crippen LogP contribution < -0.4 is 14.8 Å². The molecule has 1 aromatic rings. The molecule has 114 valence electrons. The molecule has 6 heteroatoms. The number of sulfonamides is 1. The number of rotatable bonds is 9. The van der Waals surface area contributed by atoms with Gasteiger partial charge in [0.2, 0.25) is 10.0 Å². The highest BCUT2D eigenvalue weighted by Gasteiger charge is 2.19. The molecular weight excluding hydrogens is 276 g/mol. The van der Waals surface area contributed by atoms with Crippen LogP contribution in [0.3, 0.4) is 0 Å². The van der Waals surface area contributed by atoms with E-state index in [0.29, 0.717) is 6.54 Å². The average Bonchev–Trinajstić information content (AvgIpc) is 2.45. The van der Waals surface area contributed by atoms with E-state index in [1.54, 1.807) is 14.0 Å². The van der Waals surface area contributed by atoms with Gasteiger partial charge in [0.1, 0.15) is 5.75 Å². The van der Waals surface area contributed by atoms with Crippen molar-refractivity contribution < 1.29 is 13.2 Å². The molecule has 0 bridgehead atoms. The van der Waals surface area contributed by atoms with Gasteiger partial charge >= 0.3 is 0 Å². The number of nitrogens with one attached hydrogen (secondary N) is 2. The molecule has 1 aromatic carbocycles. The van der Waals surface area contributed by atoms with Crippen LogP contribution in [0.25, 0.3) is 0 Å². The summed E-state index contributed by atoms with van der Waals surface area (Å²) in [7, 11) is -1.72. The van der Waals surface area contributed by atoms with E-state index in [1.807, 2.05) is 31.2 Å². The monoisotopic (exact) mass is 300 g/mol. The zero-order chi connectivity index (χ0) is 15.0. The predicted molar refractivity (Wildman–Crippen MR) is 81.4 cm³/mol. The van der Waals surface area contributed by atoms with Crippen LogP contribution >= 0.6 is 0 Å². The molecule has 0 aliphatic heterocycles. The first-order valence-corrected chi connectivity index (χ1v) is 8.36. The van der Waals surface area contributed by atoms with E-state index in [1.165, 1.54) is 0 Å². The first-order chi connectivity index (χ1) is 9.49. The summed E-state index contributed by atoms with van der Waals surface area (Å²) in [5.74, 6) is 0.722. The molecule has 0 fully saturated rings. The summed E-state index contributed by atoms with van der Waals surface area (Å²) < 4.78 is 31.9. The molecule has 0 aliphatic carbocycles. The molecule has 0 aliphatic rings. The molecule has 0 heterocycles. The van der Waals surface area contributed by atoms with Crippen LogP contribution in [-0.4, -0.2) is 33.9 Å². The molecule has 2 N–H and O–H groups in total. The van der Waals surface area contributed by atoms with Crippen LogP contribution in [0.2, 0.25) is 0 Å². The number of methoxy groups -OCH3 is 1. The predicted octanol–water partition coefficient (Wildman–Crippen LogP) is 1.50. The molecule has 1 unspecified atom stereocenters. The lowest BCUT2D eigenvalue weighted by atomic mass is 10.2. The fraction of sp³-hybridized carbons (Fsp3) is 0.571. The zero-order valence-corrected chi connectivity index (χ0v) is 13.2. The number of hydrogen-bond donors (Lipinski definition) is 2. The van der Waals surface area contributed by atoms with Crippen molar-refractivity contribution in [1.29, 1.82) is 0 Å². The second kappa shape index (κ2) is 8.24. The molecule has 1 atom stereocenters. The van der Waals surface area contributed by atoms with Crippen molar-refractivity contribution in [3.05, 3.63) is 29.8 Å². The van der Waals surface area contributed by atoms with Gasteiger partial charge in [0.15, 0.2) is 0 Å². The molecule has 20 heavy (non-hydrogen) atoms. The SMILES string of the molecule is CCCNCC(C)S(=O)(=O)NCc1cccc(OC)c1. The third-order valence-corrected chi connectivity index (χ3v) is 4.77. The molecule has 0 saturated heterocycles. The van der Waals surface area contributed by atoms with Gasteiger partial charge in [0, 0.05) is 13.1 Å². The van der Waals surface area contributed by atoms with Crippen molar-refractivity contribution in [2.24, 2.45) is 0 Å². The highest BCUT2D eigenvalue weighted by Crippen LogP contribution is 2.12. The molecule has 0 amide bonds. The Kier molecular flexibility index (Phi) is 6.98. The Morgan fingerprint density at radius 1 is 1.35 bits per heavy atom. The molecule has 1 rings (SSSR count). The fourth-order valence-electron chi connectivity index (χ4n) is 1.70. The van der Waals surface area contributed by atoms with E-state index in [2.05, 4.69) is 10.0 Å². The highest BCUT2D eigenvalue weighted by molar-refractivity contribution is 7.90. The van der Waals surface area contributed by atoms with E-state index >= 15 is 0 Å². The lowest BCUT2D eigenvalue weighted by molar-refractivity contribution is 0.414. The normalized spacial score (nSPS) is 13.2. The number of benzene rings is 1. The Labute approximate surface area is 121 Å². The van der Waals surface area contributed by atoms with E-state index in [-0.39, 0.29) is 6.54 Å². The van der Waals surface area contributed by atoms with Gasteiger partial charge in [-0.2, -0.15) is 0 Å². The maximum absolute atomic E-state index is 12.1.